The van der Waals surface area contributed by atoms with Crippen LogP contribution in [0, 0.1) is 5.92 Å². The molecule has 0 saturated carbocycles. The zero-order valence-corrected chi connectivity index (χ0v) is 16.8. The predicted octanol–water partition coefficient (Wildman–Crippen LogP) is 3.64. The molecule has 1 fully saturated rings. The Kier molecular flexibility index (Phi) is 5.91. The number of amides is 1. The Labute approximate surface area is 165 Å². The highest BCUT2D eigenvalue weighted by atomic mass is 32.1. The maximum absolute atomic E-state index is 12.6. The van der Waals surface area contributed by atoms with Gasteiger partial charge in [-0.15, -0.1) is 11.3 Å². The highest BCUT2D eigenvalue weighted by molar-refractivity contribution is 7.10. The number of rotatable bonds is 5. The van der Waals surface area contributed by atoms with Crippen molar-refractivity contribution in [2.24, 2.45) is 5.92 Å². The van der Waals surface area contributed by atoms with Gasteiger partial charge in [0.05, 0.1) is 18.8 Å². The molecule has 0 spiro atoms. The number of nitrogens with zero attached hydrogens (tertiary/aromatic N) is 1. The smallest absolute Gasteiger partial charge is 0.252 e. The van der Waals surface area contributed by atoms with Gasteiger partial charge in [0, 0.05) is 36.4 Å². The lowest BCUT2D eigenvalue weighted by Crippen LogP contribution is -2.35. The monoisotopic (exact) mass is 384 g/mol. The topological polar surface area (TPSA) is 41.6 Å². The molecule has 1 saturated heterocycles. The zero-order chi connectivity index (χ0) is 18.6. The van der Waals surface area contributed by atoms with E-state index in [9.17, 15) is 4.79 Å². The van der Waals surface area contributed by atoms with E-state index in [1.54, 1.807) is 11.3 Å². The van der Waals surface area contributed by atoms with Crippen LogP contribution in [0.25, 0.3) is 0 Å². The van der Waals surface area contributed by atoms with E-state index in [1.165, 1.54) is 22.4 Å². The Morgan fingerprint density at radius 2 is 1.96 bits per heavy atom. The van der Waals surface area contributed by atoms with Crippen molar-refractivity contribution in [1.82, 2.24) is 10.2 Å². The van der Waals surface area contributed by atoms with Crippen molar-refractivity contribution in [3.8, 4) is 0 Å². The van der Waals surface area contributed by atoms with Gasteiger partial charge in [-0.05, 0) is 41.9 Å². The third kappa shape index (κ3) is 4.60. The van der Waals surface area contributed by atoms with Gasteiger partial charge < -0.3 is 10.1 Å². The molecule has 1 amide bonds. The van der Waals surface area contributed by atoms with Crippen LogP contribution in [0.3, 0.4) is 0 Å². The minimum atomic E-state index is 0.0689. The molecule has 1 atom stereocenters. The van der Waals surface area contributed by atoms with E-state index < -0.39 is 0 Å². The number of morpholine rings is 1. The van der Waals surface area contributed by atoms with Crippen molar-refractivity contribution >= 4 is 17.2 Å². The molecule has 4 nitrogen and oxygen atoms in total. The number of hydrogen-bond acceptors (Lipinski definition) is 4. The number of nitrogens with one attached hydrogen (secondary N) is 1. The van der Waals surface area contributed by atoms with Crippen molar-refractivity contribution in [3.05, 3.63) is 56.8 Å². The van der Waals surface area contributed by atoms with Gasteiger partial charge >= 0.3 is 0 Å². The Balaban J connectivity index is 1.31. The van der Waals surface area contributed by atoms with Gasteiger partial charge in [-0.1, -0.05) is 31.2 Å². The summed E-state index contributed by atoms with van der Waals surface area (Å²) in [6, 6.07) is 8.59. The van der Waals surface area contributed by atoms with Crippen LogP contribution in [-0.2, 0) is 30.7 Å². The summed E-state index contributed by atoms with van der Waals surface area (Å²) in [5.74, 6) is 0.808. The van der Waals surface area contributed by atoms with Crippen LogP contribution in [-0.4, -0.2) is 37.1 Å². The summed E-state index contributed by atoms with van der Waals surface area (Å²) in [5, 5.41) is 5.15. The molecule has 1 N–H and O–H groups in total. The largest absolute Gasteiger partial charge is 0.379 e. The molecule has 4 rings (SSSR count). The van der Waals surface area contributed by atoms with Crippen LogP contribution in [0.15, 0.2) is 29.6 Å². The number of carbonyl (C=O) groups excluding carboxylic acids is 1. The van der Waals surface area contributed by atoms with E-state index in [-0.39, 0.29) is 5.91 Å². The molecule has 1 aromatic heterocycles. The van der Waals surface area contributed by atoms with Crippen LogP contribution in [0.2, 0.25) is 0 Å². The highest BCUT2D eigenvalue weighted by Gasteiger charge is 2.23. The number of thiophene rings is 1. The lowest BCUT2D eigenvalue weighted by Gasteiger charge is -2.26. The molecule has 0 radical (unpaired) electrons. The van der Waals surface area contributed by atoms with Crippen LogP contribution >= 0.6 is 11.3 Å². The fourth-order valence-corrected chi connectivity index (χ4v) is 5.17. The number of fused-ring (bicyclic) bond motifs is 1. The second-order valence-electron chi connectivity index (χ2n) is 7.79. The molecule has 1 aliphatic heterocycles. The third-order valence-electron chi connectivity index (χ3n) is 5.63. The van der Waals surface area contributed by atoms with Crippen LogP contribution in [0.1, 0.15) is 45.3 Å². The molecule has 144 valence electrons. The fraction of sp³-hybridized carbons (Fsp3) is 0.500. The molecule has 1 aliphatic carbocycles. The standard InChI is InChI=1S/C22H28N2O2S/c1-16-2-7-19-20(15-27-21(19)12-16)22(25)23-13-17-3-5-18(6-4-17)14-24-8-10-26-11-9-24/h3-6,15-16H,2,7-14H2,1H3,(H,23,25)/t16-/m1/s1. The zero-order valence-electron chi connectivity index (χ0n) is 16.0. The van der Waals surface area contributed by atoms with E-state index >= 15 is 0 Å². The average Bonchev–Trinajstić information content (AvgIpc) is 3.11. The molecular formula is C22H28N2O2S. The van der Waals surface area contributed by atoms with Crippen molar-refractivity contribution in [3.63, 3.8) is 0 Å². The maximum atomic E-state index is 12.6. The molecular weight excluding hydrogens is 356 g/mol. The minimum absolute atomic E-state index is 0.0689. The predicted molar refractivity (Wildman–Crippen MR) is 109 cm³/mol. The van der Waals surface area contributed by atoms with E-state index in [0.717, 1.165) is 62.7 Å². The third-order valence-corrected chi connectivity index (χ3v) is 6.68. The minimum Gasteiger partial charge on any atom is -0.379 e. The van der Waals surface area contributed by atoms with Gasteiger partial charge in [0.2, 0.25) is 0 Å². The summed E-state index contributed by atoms with van der Waals surface area (Å²) in [5.41, 5.74) is 4.64. The van der Waals surface area contributed by atoms with E-state index in [2.05, 4.69) is 41.4 Å². The fourth-order valence-electron chi connectivity index (χ4n) is 3.93. The normalized spacial score (nSPS) is 20.3. The molecule has 27 heavy (non-hydrogen) atoms. The van der Waals surface area contributed by atoms with Gasteiger partial charge in [0.25, 0.3) is 5.91 Å². The van der Waals surface area contributed by atoms with Crippen LogP contribution in [0.5, 0.6) is 0 Å². The van der Waals surface area contributed by atoms with Gasteiger partial charge in [0.15, 0.2) is 0 Å². The number of hydrogen-bond donors (Lipinski definition) is 1. The lowest BCUT2D eigenvalue weighted by atomic mass is 9.88. The molecule has 5 heteroatoms. The summed E-state index contributed by atoms with van der Waals surface area (Å²) in [4.78, 5) is 16.5. The number of carbonyl (C=O) groups is 1. The second kappa shape index (κ2) is 8.55. The summed E-state index contributed by atoms with van der Waals surface area (Å²) >= 11 is 1.75. The number of ether oxygens (including phenoxy) is 1. The summed E-state index contributed by atoms with van der Waals surface area (Å²) in [7, 11) is 0. The van der Waals surface area contributed by atoms with Crippen molar-refractivity contribution in [2.75, 3.05) is 26.3 Å². The summed E-state index contributed by atoms with van der Waals surface area (Å²) in [6.45, 7) is 7.51. The lowest BCUT2D eigenvalue weighted by molar-refractivity contribution is 0.0342. The molecule has 0 bridgehead atoms. The average molecular weight is 385 g/mol. The maximum Gasteiger partial charge on any atom is 0.252 e. The SMILES string of the molecule is C[C@@H]1CCc2c(C(=O)NCc3ccc(CN4CCOCC4)cc3)csc2C1. The molecule has 2 aromatic rings. The Bertz CT molecular complexity index is 778. The first-order valence-electron chi connectivity index (χ1n) is 9.94. The van der Waals surface area contributed by atoms with Gasteiger partial charge in [-0.25, -0.2) is 0 Å². The van der Waals surface area contributed by atoms with Gasteiger partial charge in [0.1, 0.15) is 0 Å². The van der Waals surface area contributed by atoms with Crippen molar-refractivity contribution in [2.45, 2.75) is 39.3 Å². The molecule has 1 aromatic carbocycles. The Morgan fingerprint density at radius 1 is 1.22 bits per heavy atom. The number of benzene rings is 1. The summed E-state index contributed by atoms with van der Waals surface area (Å²) in [6.07, 6.45) is 3.35. The van der Waals surface area contributed by atoms with Crippen LogP contribution < -0.4 is 5.32 Å². The molecule has 0 unspecified atom stereocenters. The first-order valence-corrected chi connectivity index (χ1v) is 10.8. The first kappa shape index (κ1) is 18.7. The van der Waals surface area contributed by atoms with Crippen molar-refractivity contribution < 1.29 is 9.53 Å². The Morgan fingerprint density at radius 3 is 2.74 bits per heavy atom. The Hall–Kier alpha value is -1.69. The van der Waals surface area contributed by atoms with Crippen molar-refractivity contribution in [1.29, 1.82) is 0 Å². The second-order valence-corrected chi connectivity index (χ2v) is 8.75. The van der Waals surface area contributed by atoms with Crippen LogP contribution in [0.4, 0.5) is 0 Å². The highest BCUT2D eigenvalue weighted by Crippen LogP contribution is 2.32. The quantitative estimate of drug-likeness (QED) is 0.856. The summed E-state index contributed by atoms with van der Waals surface area (Å²) < 4.78 is 5.40. The van der Waals surface area contributed by atoms with Gasteiger partial charge in [-0.2, -0.15) is 0 Å². The molecule has 2 heterocycles. The first-order chi connectivity index (χ1) is 13.2. The van der Waals surface area contributed by atoms with E-state index in [4.69, 9.17) is 4.74 Å². The van der Waals surface area contributed by atoms with Gasteiger partial charge in [-0.3, -0.25) is 9.69 Å². The van der Waals surface area contributed by atoms with E-state index in [0.29, 0.717) is 6.54 Å². The van der Waals surface area contributed by atoms with E-state index in [1.807, 2.05) is 5.38 Å². The molecule has 2 aliphatic rings.